The molecule has 0 saturated heterocycles. The van der Waals surface area contributed by atoms with Gasteiger partial charge in [-0.05, 0) is 35.9 Å². The van der Waals surface area contributed by atoms with Crippen LogP contribution in [0.5, 0.6) is 0 Å². The number of hydrogen-bond acceptors (Lipinski definition) is 3. The van der Waals surface area contributed by atoms with Crippen LogP contribution in [0.2, 0.25) is 0 Å². The van der Waals surface area contributed by atoms with Gasteiger partial charge in [0.2, 0.25) is 0 Å². The third-order valence-electron chi connectivity index (χ3n) is 2.76. The van der Waals surface area contributed by atoms with Crippen molar-refractivity contribution in [1.29, 1.82) is 5.26 Å². The monoisotopic (exact) mass is 270 g/mol. The van der Waals surface area contributed by atoms with Crippen LogP contribution in [0.15, 0.2) is 42.5 Å². The highest BCUT2D eigenvalue weighted by Gasteiger charge is 2.05. The summed E-state index contributed by atoms with van der Waals surface area (Å²) in [6, 6.07) is 12.4. The van der Waals surface area contributed by atoms with Crippen LogP contribution in [0.25, 0.3) is 0 Å². The number of hydrogen-bond donors (Lipinski definition) is 2. The molecule has 0 saturated carbocycles. The molecule has 0 atom stereocenters. The first kappa shape index (κ1) is 13.6. The Labute approximate surface area is 115 Å². The normalized spacial score (nSPS) is 9.80. The van der Waals surface area contributed by atoms with E-state index in [9.17, 15) is 9.18 Å². The molecule has 0 aliphatic heterocycles. The molecule has 4 nitrogen and oxygen atoms in total. The van der Waals surface area contributed by atoms with Gasteiger partial charge in [-0.3, -0.25) is 0 Å². The second kappa shape index (κ2) is 5.85. The summed E-state index contributed by atoms with van der Waals surface area (Å²) >= 11 is 0. The maximum Gasteiger partial charge on any atom is 0.335 e. The molecule has 0 aliphatic carbocycles. The van der Waals surface area contributed by atoms with Crippen LogP contribution in [0.3, 0.4) is 0 Å². The Morgan fingerprint density at radius 2 is 2.10 bits per heavy atom. The molecular formula is C15H11FN2O2. The van der Waals surface area contributed by atoms with Crippen LogP contribution >= 0.6 is 0 Å². The van der Waals surface area contributed by atoms with Crippen molar-refractivity contribution in [3.05, 3.63) is 65.0 Å². The average molecular weight is 270 g/mol. The van der Waals surface area contributed by atoms with E-state index in [1.807, 2.05) is 0 Å². The number of carboxylic acid groups (broad SMARTS) is 1. The summed E-state index contributed by atoms with van der Waals surface area (Å²) in [6.45, 7) is 0.373. The Hall–Kier alpha value is -2.87. The van der Waals surface area contributed by atoms with Gasteiger partial charge in [0.15, 0.2) is 0 Å². The Morgan fingerprint density at radius 3 is 2.80 bits per heavy atom. The van der Waals surface area contributed by atoms with Crippen LogP contribution in [0.1, 0.15) is 21.5 Å². The van der Waals surface area contributed by atoms with Crippen molar-refractivity contribution < 1.29 is 14.3 Å². The maximum atomic E-state index is 13.2. The fraction of sp³-hybridized carbons (Fsp3) is 0.0667. The van der Waals surface area contributed by atoms with Crippen LogP contribution in [-0.2, 0) is 6.54 Å². The molecule has 5 heteroatoms. The fourth-order valence-corrected chi connectivity index (χ4v) is 1.73. The highest BCUT2D eigenvalue weighted by atomic mass is 19.1. The summed E-state index contributed by atoms with van der Waals surface area (Å²) in [5, 5.41) is 20.7. The molecule has 0 heterocycles. The average Bonchev–Trinajstić information content (AvgIpc) is 2.46. The summed E-state index contributed by atoms with van der Waals surface area (Å²) < 4.78 is 13.2. The summed E-state index contributed by atoms with van der Waals surface area (Å²) in [5.41, 5.74) is 1.56. The molecule has 0 bridgehead atoms. The van der Waals surface area contributed by atoms with Crippen molar-refractivity contribution in [3.8, 4) is 6.07 Å². The van der Waals surface area contributed by atoms with Crippen LogP contribution in [-0.4, -0.2) is 11.1 Å². The summed E-state index contributed by atoms with van der Waals surface area (Å²) in [7, 11) is 0. The van der Waals surface area contributed by atoms with Crippen molar-refractivity contribution in [3.63, 3.8) is 0 Å². The SMILES string of the molecule is N#Cc1cc(CNc2cccc(C(=O)O)c2)ccc1F. The molecule has 2 aromatic carbocycles. The van der Waals surface area contributed by atoms with E-state index in [0.717, 1.165) is 5.56 Å². The van der Waals surface area contributed by atoms with E-state index < -0.39 is 11.8 Å². The molecule has 2 aromatic rings. The maximum absolute atomic E-state index is 13.2. The van der Waals surface area contributed by atoms with Crippen molar-refractivity contribution in [2.45, 2.75) is 6.54 Å². The van der Waals surface area contributed by atoms with Gasteiger partial charge in [-0.2, -0.15) is 5.26 Å². The standard InChI is InChI=1S/C15H11FN2O2/c16-14-5-4-10(6-12(14)8-17)9-18-13-3-1-2-11(7-13)15(19)20/h1-7,18H,9H2,(H,19,20). The lowest BCUT2D eigenvalue weighted by Crippen LogP contribution is -2.02. The van der Waals surface area contributed by atoms with Crippen LogP contribution in [0.4, 0.5) is 10.1 Å². The lowest BCUT2D eigenvalue weighted by atomic mass is 10.1. The van der Waals surface area contributed by atoms with Gasteiger partial charge in [0.25, 0.3) is 0 Å². The first-order chi connectivity index (χ1) is 9.60. The van der Waals surface area contributed by atoms with E-state index in [2.05, 4.69) is 5.32 Å². The number of benzene rings is 2. The van der Waals surface area contributed by atoms with Crippen molar-refractivity contribution >= 4 is 11.7 Å². The number of nitrogens with one attached hydrogen (secondary N) is 1. The van der Waals surface area contributed by atoms with Gasteiger partial charge in [0, 0.05) is 12.2 Å². The molecular weight excluding hydrogens is 259 g/mol. The minimum atomic E-state index is -0.998. The van der Waals surface area contributed by atoms with Crippen LogP contribution < -0.4 is 5.32 Å². The Kier molecular flexibility index (Phi) is 3.96. The number of aromatic carboxylic acids is 1. The number of nitrogens with zero attached hydrogens (tertiary/aromatic N) is 1. The predicted octanol–water partition coefficient (Wildman–Crippen LogP) is 3.01. The molecule has 100 valence electrons. The van der Waals surface area contributed by atoms with E-state index in [1.165, 1.54) is 24.3 Å². The van der Waals surface area contributed by atoms with Gasteiger partial charge >= 0.3 is 5.97 Å². The number of carbonyl (C=O) groups is 1. The van der Waals surface area contributed by atoms with Gasteiger partial charge in [0.05, 0.1) is 11.1 Å². The topological polar surface area (TPSA) is 73.1 Å². The van der Waals surface area contributed by atoms with Crippen LogP contribution in [0, 0.1) is 17.1 Å². The minimum absolute atomic E-state index is 0.0106. The van der Waals surface area contributed by atoms with E-state index >= 15 is 0 Å². The second-order valence-electron chi connectivity index (χ2n) is 4.17. The molecule has 0 aromatic heterocycles. The largest absolute Gasteiger partial charge is 0.478 e. The van der Waals surface area contributed by atoms with E-state index in [0.29, 0.717) is 12.2 Å². The Balaban J connectivity index is 2.11. The minimum Gasteiger partial charge on any atom is -0.478 e. The van der Waals surface area contributed by atoms with Gasteiger partial charge in [0.1, 0.15) is 11.9 Å². The molecule has 0 fully saturated rings. The molecule has 2 rings (SSSR count). The molecule has 0 radical (unpaired) electrons. The first-order valence-corrected chi connectivity index (χ1v) is 5.86. The van der Waals surface area contributed by atoms with Gasteiger partial charge < -0.3 is 10.4 Å². The molecule has 0 amide bonds. The predicted molar refractivity (Wildman–Crippen MR) is 71.8 cm³/mol. The zero-order chi connectivity index (χ0) is 14.5. The molecule has 0 spiro atoms. The lowest BCUT2D eigenvalue weighted by Gasteiger charge is -2.07. The summed E-state index contributed by atoms with van der Waals surface area (Å²) in [5.74, 6) is -1.55. The first-order valence-electron chi connectivity index (χ1n) is 5.86. The van der Waals surface area contributed by atoms with Gasteiger partial charge in [-0.1, -0.05) is 12.1 Å². The smallest absolute Gasteiger partial charge is 0.335 e. The van der Waals surface area contributed by atoms with Crippen molar-refractivity contribution in [2.24, 2.45) is 0 Å². The van der Waals surface area contributed by atoms with E-state index in [4.69, 9.17) is 10.4 Å². The zero-order valence-electron chi connectivity index (χ0n) is 10.4. The van der Waals surface area contributed by atoms with Gasteiger partial charge in [-0.15, -0.1) is 0 Å². The molecule has 0 unspecified atom stereocenters. The molecule has 20 heavy (non-hydrogen) atoms. The van der Waals surface area contributed by atoms with E-state index in [1.54, 1.807) is 24.3 Å². The zero-order valence-corrected chi connectivity index (χ0v) is 10.4. The van der Waals surface area contributed by atoms with Crippen molar-refractivity contribution in [1.82, 2.24) is 0 Å². The lowest BCUT2D eigenvalue weighted by molar-refractivity contribution is 0.0697. The van der Waals surface area contributed by atoms with Gasteiger partial charge in [-0.25, -0.2) is 9.18 Å². The highest BCUT2D eigenvalue weighted by molar-refractivity contribution is 5.88. The number of rotatable bonds is 4. The fourth-order valence-electron chi connectivity index (χ4n) is 1.73. The molecule has 2 N–H and O–H groups in total. The molecule has 0 aliphatic rings. The van der Waals surface area contributed by atoms with Crippen molar-refractivity contribution in [2.75, 3.05) is 5.32 Å². The third kappa shape index (κ3) is 3.12. The quantitative estimate of drug-likeness (QED) is 0.895. The summed E-state index contributed by atoms with van der Waals surface area (Å²) in [6.07, 6.45) is 0. The second-order valence-corrected chi connectivity index (χ2v) is 4.17. The van der Waals surface area contributed by atoms with E-state index in [-0.39, 0.29) is 11.1 Å². The third-order valence-corrected chi connectivity index (χ3v) is 2.76. The number of nitriles is 1. The number of carboxylic acids is 1. The number of halogens is 1. The Morgan fingerprint density at radius 1 is 1.30 bits per heavy atom. The highest BCUT2D eigenvalue weighted by Crippen LogP contribution is 2.14. The Bertz CT molecular complexity index is 693. The summed E-state index contributed by atoms with van der Waals surface area (Å²) in [4.78, 5) is 10.8. The number of anilines is 1.